The molecule has 0 spiro atoms. The highest BCUT2D eigenvalue weighted by Gasteiger charge is 2.27. The Morgan fingerprint density at radius 2 is 1.80 bits per heavy atom. The van der Waals surface area contributed by atoms with Crippen molar-refractivity contribution in [2.45, 2.75) is 39.2 Å². The van der Waals surface area contributed by atoms with E-state index in [4.69, 9.17) is 19.9 Å². The first-order valence-corrected chi connectivity index (χ1v) is 10.5. The molecule has 3 N–H and O–H groups in total. The third kappa shape index (κ3) is 5.10. The van der Waals surface area contributed by atoms with E-state index in [1.807, 2.05) is 6.92 Å². The van der Waals surface area contributed by atoms with Crippen LogP contribution in [0.2, 0.25) is 0 Å². The Morgan fingerprint density at radius 3 is 2.43 bits per heavy atom. The summed E-state index contributed by atoms with van der Waals surface area (Å²) in [7, 11) is 0. The first-order chi connectivity index (χ1) is 14.4. The van der Waals surface area contributed by atoms with Gasteiger partial charge in [0, 0.05) is 4.88 Å². The summed E-state index contributed by atoms with van der Waals surface area (Å²) in [5.41, 5.74) is 6.76. The van der Waals surface area contributed by atoms with Crippen LogP contribution >= 0.6 is 11.3 Å². The molecule has 0 saturated heterocycles. The lowest BCUT2D eigenvalue weighted by Gasteiger charge is -2.14. The van der Waals surface area contributed by atoms with E-state index >= 15 is 0 Å². The van der Waals surface area contributed by atoms with Crippen molar-refractivity contribution in [1.82, 2.24) is 0 Å². The van der Waals surface area contributed by atoms with Crippen LogP contribution in [0.5, 0.6) is 11.5 Å². The molecule has 1 aliphatic rings. The number of amides is 2. The first-order valence-electron chi connectivity index (χ1n) is 9.69. The summed E-state index contributed by atoms with van der Waals surface area (Å²) < 4.78 is 15.8. The number of carbonyl (C=O) groups excluding carboxylic acids is 3. The van der Waals surface area contributed by atoms with Crippen LogP contribution in [0.4, 0.5) is 5.00 Å². The molecule has 1 aromatic carbocycles. The molecule has 1 unspecified atom stereocenters. The number of thiophene rings is 1. The van der Waals surface area contributed by atoms with Crippen molar-refractivity contribution in [1.29, 1.82) is 0 Å². The Bertz CT molecular complexity index is 938. The monoisotopic (exact) mass is 432 g/mol. The maximum Gasteiger partial charge on any atom is 0.344 e. The van der Waals surface area contributed by atoms with Gasteiger partial charge in [-0.1, -0.05) is 0 Å². The molecular weight excluding hydrogens is 408 g/mol. The number of fused-ring (bicyclic) bond motifs is 1. The van der Waals surface area contributed by atoms with Crippen molar-refractivity contribution in [2.24, 2.45) is 5.73 Å². The van der Waals surface area contributed by atoms with Gasteiger partial charge in [0.05, 0.1) is 12.2 Å². The number of benzene rings is 1. The Morgan fingerprint density at radius 1 is 1.13 bits per heavy atom. The van der Waals surface area contributed by atoms with Gasteiger partial charge in [0.2, 0.25) is 0 Å². The van der Waals surface area contributed by atoms with Crippen LogP contribution in [-0.2, 0) is 27.2 Å². The highest BCUT2D eigenvalue weighted by molar-refractivity contribution is 7.17. The fourth-order valence-corrected chi connectivity index (χ4v) is 4.49. The molecule has 0 saturated carbocycles. The molecule has 0 aliphatic heterocycles. The molecule has 1 aliphatic carbocycles. The molecule has 8 nitrogen and oxygen atoms in total. The SMILES string of the molecule is CCOc1ccc(OCC(=O)OC(C)C(=O)Nc2sc3c(c2C(N)=O)CCC3)cc1. The lowest BCUT2D eigenvalue weighted by atomic mass is 10.1. The highest BCUT2D eigenvalue weighted by atomic mass is 32.1. The van der Waals surface area contributed by atoms with E-state index in [0.717, 1.165) is 29.7 Å². The molecule has 0 bridgehead atoms. The Labute approximate surface area is 178 Å². The van der Waals surface area contributed by atoms with E-state index in [-0.39, 0.29) is 6.61 Å². The van der Waals surface area contributed by atoms with Gasteiger partial charge in [-0.05, 0) is 62.9 Å². The van der Waals surface area contributed by atoms with Crippen LogP contribution in [0.25, 0.3) is 0 Å². The van der Waals surface area contributed by atoms with Crippen molar-refractivity contribution in [2.75, 3.05) is 18.5 Å². The van der Waals surface area contributed by atoms with Gasteiger partial charge in [0.1, 0.15) is 16.5 Å². The minimum absolute atomic E-state index is 0.342. The van der Waals surface area contributed by atoms with Crippen LogP contribution < -0.4 is 20.5 Å². The average molecular weight is 432 g/mol. The van der Waals surface area contributed by atoms with Gasteiger partial charge in [-0.2, -0.15) is 0 Å². The molecule has 0 radical (unpaired) electrons. The molecule has 30 heavy (non-hydrogen) atoms. The third-order valence-electron chi connectivity index (χ3n) is 4.57. The van der Waals surface area contributed by atoms with Crippen molar-refractivity contribution in [3.8, 4) is 11.5 Å². The smallest absolute Gasteiger partial charge is 0.344 e. The van der Waals surface area contributed by atoms with Gasteiger partial charge in [-0.25, -0.2) is 4.79 Å². The molecule has 9 heteroatoms. The standard InChI is InChI=1S/C21H24N2O6S/c1-3-27-13-7-9-14(10-8-13)28-11-17(24)29-12(2)20(26)23-21-18(19(22)25)15-5-4-6-16(15)30-21/h7-10,12H,3-6,11H2,1-2H3,(H2,22,25)(H,23,26). The summed E-state index contributed by atoms with van der Waals surface area (Å²) in [6.07, 6.45) is 1.55. The van der Waals surface area contributed by atoms with E-state index in [2.05, 4.69) is 5.32 Å². The van der Waals surface area contributed by atoms with Crippen molar-refractivity contribution in [3.63, 3.8) is 0 Å². The summed E-state index contributed by atoms with van der Waals surface area (Å²) in [6.45, 7) is 3.56. The first kappa shape index (κ1) is 21.6. The predicted octanol–water partition coefficient (Wildman–Crippen LogP) is 2.68. The number of esters is 1. The van der Waals surface area contributed by atoms with Gasteiger partial charge in [-0.15, -0.1) is 11.3 Å². The van der Waals surface area contributed by atoms with E-state index in [0.29, 0.717) is 28.7 Å². The number of anilines is 1. The Kier molecular flexibility index (Phi) is 6.94. The predicted molar refractivity (Wildman–Crippen MR) is 112 cm³/mol. The zero-order valence-corrected chi connectivity index (χ0v) is 17.7. The molecule has 3 rings (SSSR count). The summed E-state index contributed by atoms with van der Waals surface area (Å²) in [5.74, 6) is -0.611. The van der Waals surface area contributed by atoms with Gasteiger partial charge in [0.25, 0.3) is 11.8 Å². The second-order valence-electron chi connectivity index (χ2n) is 6.74. The summed E-state index contributed by atoms with van der Waals surface area (Å²) >= 11 is 1.35. The highest BCUT2D eigenvalue weighted by Crippen LogP contribution is 2.38. The quantitative estimate of drug-likeness (QED) is 0.589. The summed E-state index contributed by atoms with van der Waals surface area (Å²) in [5, 5.41) is 3.07. The molecule has 2 aromatic rings. The van der Waals surface area contributed by atoms with Gasteiger partial charge in [0.15, 0.2) is 12.7 Å². The normalized spacial score (nSPS) is 13.3. The largest absolute Gasteiger partial charge is 0.494 e. The molecule has 2 amide bonds. The van der Waals surface area contributed by atoms with Gasteiger partial charge >= 0.3 is 5.97 Å². The fourth-order valence-electron chi connectivity index (χ4n) is 3.19. The minimum Gasteiger partial charge on any atom is -0.494 e. The van der Waals surface area contributed by atoms with Crippen LogP contribution in [0.1, 0.15) is 41.1 Å². The second-order valence-corrected chi connectivity index (χ2v) is 7.85. The lowest BCUT2D eigenvalue weighted by molar-refractivity contribution is -0.155. The third-order valence-corrected chi connectivity index (χ3v) is 5.78. The molecule has 1 atom stereocenters. The van der Waals surface area contributed by atoms with Crippen LogP contribution in [0, 0.1) is 0 Å². The van der Waals surface area contributed by atoms with Crippen molar-refractivity contribution < 1.29 is 28.6 Å². The van der Waals surface area contributed by atoms with Crippen LogP contribution in [-0.4, -0.2) is 37.1 Å². The average Bonchev–Trinajstić information content (AvgIpc) is 3.28. The van der Waals surface area contributed by atoms with E-state index < -0.39 is 23.9 Å². The molecule has 1 heterocycles. The fraction of sp³-hybridized carbons (Fsp3) is 0.381. The molecular formula is C21H24N2O6S. The number of carbonyl (C=O) groups is 3. The van der Waals surface area contributed by atoms with Crippen LogP contribution in [0.15, 0.2) is 24.3 Å². The van der Waals surface area contributed by atoms with Crippen molar-refractivity contribution in [3.05, 3.63) is 40.3 Å². The van der Waals surface area contributed by atoms with Gasteiger partial charge in [-0.3, -0.25) is 9.59 Å². The number of aryl methyl sites for hydroxylation is 1. The van der Waals surface area contributed by atoms with Crippen LogP contribution in [0.3, 0.4) is 0 Å². The zero-order valence-electron chi connectivity index (χ0n) is 16.9. The number of ether oxygens (including phenoxy) is 3. The van der Waals surface area contributed by atoms with E-state index in [1.165, 1.54) is 18.3 Å². The maximum atomic E-state index is 12.4. The summed E-state index contributed by atoms with van der Waals surface area (Å²) in [4.78, 5) is 37.3. The number of primary amides is 1. The maximum absolute atomic E-state index is 12.4. The Balaban J connectivity index is 1.52. The van der Waals surface area contributed by atoms with E-state index in [9.17, 15) is 14.4 Å². The number of rotatable bonds is 9. The number of hydrogen-bond acceptors (Lipinski definition) is 7. The second kappa shape index (κ2) is 9.62. The van der Waals surface area contributed by atoms with Gasteiger partial charge < -0.3 is 25.3 Å². The lowest BCUT2D eigenvalue weighted by Crippen LogP contribution is -2.32. The van der Waals surface area contributed by atoms with E-state index in [1.54, 1.807) is 24.3 Å². The zero-order chi connectivity index (χ0) is 21.7. The van der Waals surface area contributed by atoms with Crippen molar-refractivity contribution >= 4 is 34.1 Å². The summed E-state index contributed by atoms with van der Waals surface area (Å²) in [6, 6.07) is 6.81. The molecule has 1 aromatic heterocycles. The topological polar surface area (TPSA) is 117 Å². The number of hydrogen-bond donors (Lipinski definition) is 2. The molecule has 0 fully saturated rings. The Hall–Kier alpha value is -3.07. The molecule has 160 valence electrons. The number of nitrogens with two attached hydrogens (primary N) is 1. The number of nitrogens with one attached hydrogen (secondary N) is 1. The minimum atomic E-state index is -1.06.